The summed E-state index contributed by atoms with van der Waals surface area (Å²) in [5.74, 6) is 0.658. The summed E-state index contributed by atoms with van der Waals surface area (Å²) in [6, 6.07) is 6.56. The van der Waals surface area contributed by atoms with Gasteiger partial charge in [0.15, 0.2) is 0 Å². The first-order valence-corrected chi connectivity index (χ1v) is 7.26. The van der Waals surface area contributed by atoms with Gasteiger partial charge in [0, 0.05) is 30.6 Å². The van der Waals surface area contributed by atoms with Gasteiger partial charge < -0.3 is 15.4 Å². The summed E-state index contributed by atoms with van der Waals surface area (Å²) in [5.41, 5.74) is 8.16. The van der Waals surface area contributed by atoms with Gasteiger partial charge in [0.25, 0.3) is 0 Å². The molecule has 1 fully saturated rings. The van der Waals surface area contributed by atoms with E-state index in [1.54, 1.807) is 7.11 Å². The minimum Gasteiger partial charge on any atom is -0.384 e. The Morgan fingerprint density at radius 2 is 2.33 bits per heavy atom. The summed E-state index contributed by atoms with van der Waals surface area (Å²) in [7, 11) is 1.78. The lowest BCUT2D eigenvalue weighted by atomic mass is 10.1. The Bertz CT molecular complexity index is 397. The molecular weight excluding hydrogens is 292 g/mol. The third-order valence-corrected chi connectivity index (χ3v) is 4.11. The molecule has 18 heavy (non-hydrogen) atoms. The Kier molecular flexibility index (Phi) is 5.03. The average Bonchev–Trinajstić information content (AvgIpc) is 2.78. The van der Waals surface area contributed by atoms with Crippen LogP contribution in [-0.2, 0) is 11.2 Å². The van der Waals surface area contributed by atoms with Crippen molar-refractivity contribution in [2.45, 2.75) is 12.8 Å². The highest BCUT2D eigenvalue weighted by Gasteiger charge is 2.23. The maximum atomic E-state index is 5.58. The van der Waals surface area contributed by atoms with E-state index in [1.165, 1.54) is 22.1 Å². The third-order valence-electron chi connectivity index (χ3n) is 3.47. The molecule has 0 radical (unpaired) electrons. The van der Waals surface area contributed by atoms with Crippen molar-refractivity contribution in [2.75, 3.05) is 38.3 Å². The van der Waals surface area contributed by atoms with Crippen molar-refractivity contribution < 1.29 is 4.74 Å². The van der Waals surface area contributed by atoms with Crippen LogP contribution in [0.2, 0.25) is 0 Å². The van der Waals surface area contributed by atoms with Crippen LogP contribution in [0.25, 0.3) is 0 Å². The average molecular weight is 313 g/mol. The molecule has 1 aliphatic heterocycles. The molecule has 0 aliphatic carbocycles. The first-order chi connectivity index (χ1) is 8.74. The minimum atomic E-state index is 0.658. The number of nitrogens with two attached hydrogens (primary N) is 1. The molecule has 0 bridgehead atoms. The lowest BCUT2D eigenvalue weighted by Crippen LogP contribution is -2.21. The van der Waals surface area contributed by atoms with Gasteiger partial charge >= 0.3 is 0 Å². The Balaban J connectivity index is 2.05. The van der Waals surface area contributed by atoms with Crippen molar-refractivity contribution in [3.63, 3.8) is 0 Å². The van der Waals surface area contributed by atoms with Gasteiger partial charge in [-0.05, 0) is 53.0 Å². The Morgan fingerprint density at radius 1 is 1.50 bits per heavy atom. The minimum absolute atomic E-state index is 0.658. The second kappa shape index (κ2) is 6.55. The van der Waals surface area contributed by atoms with Crippen LogP contribution in [-0.4, -0.2) is 33.4 Å². The largest absolute Gasteiger partial charge is 0.384 e. The van der Waals surface area contributed by atoms with Crippen LogP contribution in [0.5, 0.6) is 0 Å². The highest BCUT2D eigenvalue weighted by atomic mass is 79.9. The summed E-state index contributed by atoms with van der Waals surface area (Å²) in [6.45, 7) is 3.76. The van der Waals surface area contributed by atoms with Gasteiger partial charge in [0.05, 0.1) is 12.3 Å². The molecule has 3 nitrogen and oxygen atoms in total. The fourth-order valence-corrected chi connectivity index (χ4v) is 3.23. The van der Waals surface area contributed by atoms with E-state index in [0.29, 0.717) is 12.5 Å². The molecule has 0 spiro atoms. The lowest BCUT2D eigenvalue weighted by Gasteiger charge is -2.20. The number of benzene rings is 1. The van der Waals surface area contributed by atoms with E-state index in [0.717, 1.165) is 26.1 Å². The zero-order chi connectivity index (χ0) is 13.0. The number of halogens is 1. The molecule has 1 aromatic rings. The molecule has 0 aromatic heterocycles. The van der Waals surface area contributed by atoms with E-state index in [9.17, 15) is 0 Å². The van der Waals surface area contributed by atoms with Gasteiger partial charge in [0.1, 0.15) is 0 Å². The van der Waals surface area contributed by atoms with Gasteiger partial charge in [-0.25, -0.2) is 0 Å². The molecule has 1 unspecified atom stereocenters. The fraction of sp³-hybridized carbons (Fsp3) is 0.571. The number of hydrogen-bond acceptors (Lipinski definition) is 3. The van der Waals surface area contributed by atoms with Crippen molar-refractivity contribution in [3.8, 4) is 0 Å². The van der Waals surface area contributed by atoms with Crippen LogP contribution in [0.1, 0.15) is 12.0 Å². The summed E-state index contributed by atoms with van der Waals surface area (Å²) in [6.07, 6.45) is 2.15. The first-order valence-electron chi connectivity index (χ1n) is 6.47. The summed E-state index contributed by atoms with van der Waals surface area (Å²) >= 11 is 3.67. The maximum Gasteiger partial charge on any atom is 0.0510 e. The molecule has 1 atom stereocenters. The highest BCUT2D eigenvalue weighted by Crippen LogP contribution is 2.31. The van der Waals surface area contributed by atoms with E-state index >= 15 is 0 Å². The standard InChI is InChI=1S/C14H21BrN2O/c1-18-10-12-5-7-17(9-12)14-3-2-11(4-6-16)8-13(14)15/h2-3,8,12H,4-7,9-10,16H2,1H3. The van der Waals surface area contributed by atoms with Crippen molar-refractivity contribution in [3.05, 3.63) is 28.2 Å². The maximum absolute atomic E-state index is 5.58. The molecule has 1 heterocycles. The number of methoxy groups -OCH3 is 1. The van der Waals surface area contributed by atoms with Crippen molar-refractivity contribution >= 4 is 21.6 Å². The first kappa shape index (κ1) is 13.8. The molecule has 0 amide bonds. The van der Waals surface area contributed by atoms with Crippen molar-refractivity contribution in [1.82, 2.24) is 0 Å². The van der Waals surface area contributed by atoms with Gasteiger partial charge in [-0.3, -0.25) is 0 Å². The van der Waals surface area contributed by atoms with Crippen molar-refractivity contribution in [2.24, 2.45) is 11.7 Å². The highest BCUT2D eigenvalue weighted by molar-refractivity contribution is 9.10. The second-order valence-electron chi connectivity index (χ2n) is 4.88. The van der Waals surface area contributed by atoms with E-state index in [4.69, 9.17) is 10.5 Å². The Morgan fingerprint density at radius 3 is 3.00 bits per heavy atom. The fourth-order valence-electron chi connectivity index (χ4n) is 2.55. The number of nitrogens with zero attached hydrogens (tertiary/aromatic N) is 1. The number of anilines is 1. The van der Waals surface area contributed by atoms with Crippen LogP contribution >= 0.6 is 15.9 Å². The smallest absolute Gasteiger partial charge is 0.0510 e. The number of rotatable bonds is 5. The lowest BCUT2D eigenvalue weighted by molar-refractivity contribution is 0.161. The molecule has 1 saturated heterocycles. The normalized spacial score (nSPS) is 19.5. The van der Waals surface area contributed by atoms with E-state index in [2.05, 4.69) is 39.0 Å². The third kappa shape index (κ3) is 3.25. The van der Waals surface area contributed by atoms with Gasteiger partial charge in [-0.1, -0.05) is 6.07 Å². The Labute approximate surface area is 117 Å². The molecule has 4 heteroatoms. The molecule has 0 saturated carbocycles. The van der Waals surface area contributed by atoms with Crippen LogP contribution in [0.15, 0.2) is 22.7 Å². The zero-order valence-electron chi connectivity index (χ0n) is 10.9. The quantitative estimate of drug-likeness (QED) is 0.907. The number of hydrogen-bond donors (Lipinski definition) is 1. The molecule has 100 valence electrons. The summed E-state index contributed by atoms with van der Waals surface area (Å²) in [5, 5.41) is 0. The van der Waals surface area contributed by atoms with E-state index < -0.39 is 0 Å². The van der Waals surface area contributed by atoms with E-state index in [-0.39, 0.29) is 0 Å². The van der Waals surface area contributed by atoms with Crippen molar-refractivity contribution in [1.29, 1.82) is 0 Å². The van der Waals surface area contributed by atoms with Crippen LogP contribution in [0.3, 0.4) is 0 Å². The molecule has 1 aliphatic rings. The van der Waals surface area contributed by atoms with Crippen LogP contribution < -0.4 is 10.6 Å². The summed E-state index contributed by atoms with van der Waals surface area (Å²) < 4.78 is 6.41. The molecule has 2 N–H and O–H groups in total. The predicted molar refractivity (Wildman–Crippen MR) is 79.1 cm³/mol. The SMILES string of the molecule is COCC1CCN(c2ccc(CCN)cc2Br)C1. The summed E-state index contributed by atoms with van der Waals surface area (Å²) in [4.78, 5) is 2.43. The monoisotopic (exact) mass is 312 g/mol. The van der Waals surface area contributed by atoms with Gasteiger partial charge in [-0.15, -0.1) is 0 Å². The molecule has 2 rings (SSSR count). The van der Waals surface area contributed by atoms with E-state index in [1.807, 2.05) is 0 Å². The topological polar surface area (TPSA) is 38.5 Å². The zero-order valence-corrected chi connectivity index (χ0v) is 12.4. The molecule has 1 aromatic carbocycles. The predicted octanol–water partition coefficient (Wildman–Crippen LogP) is 2.42. The molecular formula is C14H21BrN2O. The number of ether oxygens (including phenoxy) is 1. The Hall–Kier alpha value is -0.580. The van der Waals surface area contributed by atoms with Crippen LogP contribution in [0.4, 0.5) is 5.69 Å². The van der Waals surface area contributed by atoms with Gasteiger partial charge in [0.2, 0.25) is 0 Å². The van der Waals surface area contributed by atoms with Gasteiger partial charge in [-0.2, -0.15) is 0 Å². The van der Waals surface area contributed by atoms with Crippen LogP contribution in [0, 0.1) is 5.92 Å². The second-order valence-corrected chi connectivity index (χ2v) is 5.73.